The number of hydrogen-bond donors (Lipinski definition) is 1. The Morgan fingerprint density at radius 2 is 1.83 bits per heavy atom. The lowest BCUT2D eigenvalue weighted by molar-refractivity contribution is -0.128. The minimum atomic E-state index is -0.725. The summed E-state index contributed by atoms with van der Waals surface area (Å²) in [7, 11) is 0. The zero-order valence-electron chi connectivity index (χ0n) is 12.2. The molecule has 1 heterocycles. The van der Waals surface area contributed by atoms with Crippen LogP contribution >= 0.6 is 11.6 Å². The number of nitrogens with one attached hydrogen (secondary N) is 1. The molecule has 1 aliphatic rings. The van der Waals surface area contributed by atoms with Gasteiger partial charge in [-0.1, -0.05) is 41.9 Å². The summed E-state index contributed by atoms with van der Waals surface area (Å²) in [5.41, 5.74) is 0.691. The van der Waals surface area contributed by atoms with Crippen molar-refractivity contribution in [3.05, 3.63) is 65.2 Å². The topological polar surface area (TPSA) is 58.6 Å². The first kappa shape index (κ1) is 15.4. The summed E-state index contributed by atoms with van der Waals surface area (Å²) >= 11 is 5.89. The van der Waals surface area contributed by atoms with Crippen molar-refractivity contribution in [3.63, 3.8) is 0 Å². The summed E-state index contributed by atoms with van der Waals surface area (Å²) in [6, 6.07) is 14.9. The van der Waals surface area contributed by atoms with Crippen LogP contribution in [0.1, 0.15) is 11.6 Å². The SMILES string of the molecule is O=C1NCCN(C(=O)Oc2ccccc2)C1c1ccc(Cl)cc1. The third-order valence-corrected chi connectivity index (χ3v) is 3.83. The molecule has 23 heavy (non-hydrogen) atoms. The van der Waals surface area contributed by atoms with Crippen LogP contribution in [0.15, 0.2) is 54.6 Å². The van der Waals surface area contributed by atoms with E-state index in [1.165, 1.54) is 4.90 Å². The van der Waals surface area contributed by atoms with E-state index in [9.17, 15) is 9.59 Å². The van der Waals surface area contributed by atoms with Crippen LogP contribution in [0.25, 0.3) is 0 Å². The molecule has 1 aliphatic heterocycles. The Labute approximate surface area is 138 Å². The van der Waals surface area contributed by atoms with Gasteiger partial charge in [0.2, 0.25) is 5.91 Å². The van der Waals surface area contributed by atoms with Crippen LogP contribution in [0.2, 0.25) is 5.02 Å². The Kier molecular flexibility index (Phi) is 4.48. The number of nitrogens with zero attached hydrogens (tertiary/aromatic N) is 1. The lowest BCUT2D eigenvalue weighted by atomic mass is 10.0. The van der Waals surface area contributed by atoms with Crippen LogP contribution in [0.5, 0.6) is 5.75 Å². The van der Waals surface area contributed by atoms with E-state index in [4.69, 9.17) is 16.3 Å². The highest BCUT2D eigenvalue weighted by Crippen LogP contribution is 2.26. The Bertz CT molecular complexity index is 704. The van der Waals surface area contributed by atoms with Gasteiger partial charge in [-0.25, -0.2) is 4.79 Å². The average Bonchev–Trinajstić information content (AvgIpc) is 2.56. The molecule has 6 heteroatoms. The van der Waals surface area contributed by atoms with Gasteiger partial charge in [0.15, 0.2) is 0 Å². The van der Waals surface area contributed by atoms with Gasteiger partial charge in [0.1, 0.15) is 11.8 Å². The quantitative estimate of drug-likeness (QED) is 0.920. The first-order valence-electron chi connectivity index (χ1n) is 7.22. The summed E-state index contributed by atoms with van der Waals surface area (Å²) < 4.78 is 5.36. The van der Waals surface area contributed by atoms with Crippen molar-refractivity contribution in [2.75, 3.05) is 13.1 Å². The van der Waals surface area contributed by atoms with Crippen LogP contribution in [0, 0.1) is 0 Å². The number of para-hydroxylation sites is 1. The third kappa shape index (κ3) is 3.46. The van der Waals surface area contributed by atoms with Crippen LogP contribution < -0.4 is 10.1 Å². The minimum absolute atomic E-state index is 0.233. The molecule has 2 aromatic carbocycles. The van der Waals surface area contributed by atoms with Gasteiger partial charge >= 0.3 is 6.09 Å². The highest BCUT2D eigenvalue weighted by molar-refractivity contribution is 6.30. The summed E-state index contributed by atoms with van der Waals surface area (Å²) in [5, 5.41) is 3.35. The van der Waals surface area contributed by atoms with Crippen molar-refractivity contribution in [1.29, 1.82) is 0 Å². The molecule has 1 fully saturated rings. The predicted octanol–water partition coefficient (Wildman–Crippen LogP) is 3.01. The smallest absolute Gasteiger partial charge is 0.410 e. The number of ether oxygens (including phenoxy) is 1. The molecule has 1 N–H and O–H groups in total. The molecule has 1 saturated heterocycles. The number of hydrogen-bond acceptors (Lipinski definition) is 3. The molecule has 0 radical (unpaired) electrons. The van der Waals surface area contributed by atoms with Gasteiger partial charge in [-0.15, -0.1) is 0 Å². The molecule has 0 spiro atoms. The predicted molar refractivity (Wildman–Crippen MR) is 86.4 cm³/mol. The van der Waals surface area contributed by atoms with Crippen molar-refractivity contribution in [2.45, 2.75) is 6.04 Å². The second-order valence-corrected chi connectivity index (χ2v) is 5.56. The van der Waals surface area contributed by atoms with Gasteiger partial charge < -0.3 is 10.1 Å². The van der Waals surface area contributed by atoms with Gasteiger partial charge in [0, 0.05) is 18.1 Å². The number of piperazine rings is 1. The standard InChI is InChI=1S/C17H15ClN2O3/c18-13-8-6-12(7-9-13)15-16(21)19-10-11-20(15)17(22)23-14-4-2-1-3-5-14/h1-9,15H,10-11H2,(H,19,21). The number of carbonyl (C=O) groups excluding carboxylic acids is 2. The molecular weight excluding hydrogens is 316 g/mol. The fraction of sp³-hybridized carbons (Fsp3) is 0.176. The maximum absolute atomic E-state index is 12.5. The fourth-order valence-electron chi connectivity index (χ4n) is 2.49. The van der Waals surface area contributed by atoms with Crippen molar-refractivity contribution >= 4 is 23.6 Å². The van der Waals surface area contributed by atoms with Crippen LogP contribution in [-0.2, 0) is 4.79 Å². The molecule has 118 valence electrons. The molecule has 2 aromatic rings. The maximum Gasteiger partial charge on any atom is 0.416 e. The molecule has 1 atom stereocenters. The fourth-order valence-corrected chi connectivity index (χ4v) is 2.61. The highest BCUT2D eigenvalue weighted by Gasteiger charge is 2.35. The van der Waals surface area contributed by atoms with Gasteiger partial charge in [-0.05, 0) is 29.8 Å². The summed E-state index contributed by atoms with van der Waals surface area (Å²) in [6.07, 6.45) is -0.550. The van der Waals surface area contributed by atoms with Gasteiger partial charge in [0.25, 0.3) is 0 Å². The lowest BCUT2D eigenvalue weighted by Crippen LogP contribution is -2.52. The van der Waals surface area contributed by atoms with E-state index in [1.807, 2.05) is 6.07 Å². The summed E-state index contributed by atoms with van der Waals surface area (Å²) in [5.74, 6) is 0.210. The van der Waals surface area contributed by atoms with Gasteiger partial charge in [-0.2, -0.15) is 0 Å². The Hall–Kier alpha value is -2.53. The van der Waals surface area contributed by atoms with Crippen LogP contribution in [-0.4, -0.2) is 30.0 Å². The van der Waals surface area contributed by atoms with E-state index < -0.39 is 12.1 Å². The first-order chi connectivity index (χ1) is 11.1. The molecular formula is C17H15ClN2O3. The first-order valence-corrected chi connectivity index (χ1v) is 7.59. The van der Waals surface area contributed by atoms with Gasteiger partial charge in [0.05, 0.1) is 0 Å². The zero-order chi connectivity index (χ0) is 16.2. The van der Waals surface area contributed by atoms with Crippen molar-refractivity contribution < 1.29 is 14.3 Å². The largest absolute Gasteiger partial charge is 0.416 e. The molecule has 3 rings (SSSR count). The minimum Gasteiger partial charge on any atom is -0.410 e. The Morgan fingerprint density at radius 1 is 1.13 bits per heavy atom. The Morgan fingerprint density at radius 3 is 2.52 bits per heavy atom. The molecule has 2 amide bonds. The van der Waals surface area contributed by atoms with Gasteiger partial charge in [-0.3, -0.25) is 9.69 Å². The molecule has 1 unspecified atom stereocenters. The second kappa shape index (κ2) is 6.71. The normalized spacial score (nSPS) is 17.5. The Balaban J connectivity index is 1.84. The van der Waals surface area contributed by atoms with Crippen LogP contribution in [0.3, 0.4) is 0 Å². The molecule has 5 nitrogen and oxygen atoms in total. The van der Waals surface area contributed by atoms with E-state index in [1.54, 1.807) is 48.5 Å². The molecule has 0 aliphatic carbocycles. The van der Waals surface area contributed by atoms with E-state index >= 15 is 0 Å². The summed E-state index contributed by atoms with van der Waals surface area (Å²) in [4.78, 5) is 26.1. The van der Waals surface area contributed by atoms with Crippen molar-refractivity contribution in [3.8, 4) is 5.75 Å². The number of amides is 2. The zero-order valence-corrected chi connectivity index (χ0v) is 13.0. The monoisotopic (exact) mass is 330 g/mol. The van der Waals surface area contributed by atoms with Crippen molar-refractivity contribution in [1.82, 2.24) is 10.2 Å². The number of carbonyl (C=O) groups is 2. The molecule has 0 aromatic heterocycles. The highest BCUT2D eigenvalue weighted by atomic mass is 35.5. The van der Waals surface area contributed by atoms with E-state index in [0.29, 0.717) is 29.4 Å². The second-order valence-electron chi connectivity index (χ2n) is 5.12. The number of halogens is 1. The number of rotatable bonds is 2. The van der Waals surface area contributed by atoms with Crippen molar-refractivity contribution in [2.24, 2.45) is 0 Å². The van der Waals surface area contributed by atoms with E-state index in [2.05, 4.69) is 5.32 Å². The molecule has 0 bridgehead atoms. The van der Waals surface area contributed by atoms with Crippen LogP contribution in [0.4, 0.5) is 4.79 Å². The van der Waals surface area contributed by atoms with E-state index in [-0.39, 0.29) is 5.91 Å². The maximum atomic E-state index is 12.5. The third-order valence-electron chi connectivity index (χ3n) is 3.58. The molecule has 0 saturated carbocycles. The van der Waals surface area contributed by atoms with E-state index in [0.717, 1.165) is 0 Å². The lowest BCUT2D eigenvalue weighted by Gasteiger charge is -2.34. The summed E-state index contributed by atoms with van der Waals surface area (Å²) in [6.45, 7) is 0.775. The average molecular weight is 331 g/mol. The number of benzene rings is 2.